The van der Waals surface area contributed by atoms with E-state index in [1.807, 2.05) is 26.2 Å². The van der Waals surface area contributed by atoms with Gasteiger partial charge < -0.3 is 50.6 Å². The van der Waals surface area contributed by atoms with E-state index < -0.39 is 11.8 Å². The molecule has 4 aromatic heterocycles. The number of H-pyrrole nitrogens is 4. The molecular formula is C44H36Cl2N8O6. The summed E-state index contributed by atoms with van der Waals surface area (Å²) in [4.78, 5) is 69.8. The Hall–Kier alpha value is -6.90. The average molecular weight is 844 g/mol. The van der Waals surface area contributed by atoms with Gasteiger partial charge in [0.15, 0.2) is 0 Å². The molecular weight excluding hydrogens is 807 g/mol. The Balaban J connectivity index is 0.834. The van der Waals surface area contributed by atoms with E-state index in [4.69, 9.17) is 23.2 Å². The third-order valence-corrected chi connectivity index (χ3v) is 12.5. The van der Waals surface area contributed by atoms with E-state index >= 15 is 0 Å². The number of rotatable bonds is 6. The van der Waals surface area contributed by atoms with Crippen LogP contribution in [-0.4, -0.2) is 78.6 Å². The summed E-state index contributed by atoms with van der Waals surface area (Å²) in [6.07, 6.45) is 3.64. The Morgan fingerprint density at radius 3 is 1.47 bits per heavy atom. The fourth-order valence-electron chi connectivity index (χ4n) is 9.00. The number of nitrogens with zero attached hydrogens (tertiary/aromatic N) is 2. The number of halogens is 2. The van der Waals surface area contributed by atoms with Crippen molar-refractivity contribution in [1.82, 2.24) is 19.9 Å². The monoisotopic (exact) mass is 842 g/mol. The maximum Gasteiger partial charge on any atom is 0.314 e. The van der Waals surface area contributed by atoms with Crippen LogP contribution in [0.2, 0.25) is 0 Å². The molecule has 2 aliphatic heterocycles. The number of aromatic amines is 4. The maximum absolute atomic E-state index is 13.9. The third-order valence-electron chi connectivity index (χ3n) is 11.8. The van der Waals surface area contributed by atoms with Crippen LogP contribution < -0.4 is 20.4 Å². The maximum atomic E-state index is 13.9. The number of hydrogen-bond donors (Lipinski definition) is 8. The van der Waals surface area contributed by atoms with E-state index in [0.717, 1.165) is 33.0 Å². The molecule has 8 aromatic rings. The molecule has 6 heterocycles. The van der Waals surface area contributed by atoms with E-state index in [2.05, 4.69) is 30.6 Å². The number of hydrogen-bond acceptors (Lipinski definition) is 6. The Bertz CT molecular complexity index is 2950. The highest BCUT2D eigenvalue weighted by molar-refractivity contribution is 6.43. The van der Waals surface area contributed by atoms with Crippen molar-refractivity contribution < 1.29 is 29.4 Å². The molecule has 2 unspecified atom stereocenters. The highest BCUT2D eigenvalue weighted by Crippen LogP contribution is 2.48. The number of benzene rings is 4. The quantitative estimate of drug-likeness (QED) is 0.0612. The molecule has 4 aromatic carbocycles. The highest BCUT2D eigenvalue weighted by atomic mass is 35.5. The second kappa shape index (κ2) is 13.9. The number of carbonyl (C=O) groups is 4. The summed E-state index contributed by atoms with van der Waals surface area (Å²) in [6, 6.07) is 16.5. The van der Waals surface area contributed by atoms with Gasteiger partial charge in [-0.1, -0.05) is 0 Å². The molecule has 0 fully saturated rings. The Labute approximate surface area is 350 Å². The zero-order chi connectivity index (χ0) is 41.7. The van der Waals surface area contributed by atoms with Crippen molar-refractivity contribution in [2.75, 3.05) is 45.3 Å². The molecule has 4 amide bonds. The molecule has 302 valence electrons. The van der Waals surface area contributed by atoms with Gasteiger partial charge in [0, 0.05) is 105 Å². The van der Waals surface area contributed by atoms with Gasteiger partial charge in [-0.3, -0.25) is 19.2 Å². The standard InChI is InChI=1S/C44H36Cl2N8O6/c1-19-15-47-39-33(55)11-31-37(35(19)39)23(13-45)17-53(31)43(59)29-9-21-7-25(3-5-27(21)51-29)49-41(57)42(58)50-26-4-6-28-22(8-26)10-30(52-28)44(60)54-18-24(14-46)38-32(54)12-34(56)40-36(38)20(2)16-48-40/h3-12,15-16,23-24,47-48,51-52,55-56H,13-14,17-18H2,1-2H3,(H,49,57)(H,50,58). The number of alkyl halides is 2. The van der Waals surface area contributed by atoms with E-state index in [0.29, 0.717) is 91.8 Å². The van der Waals surface area contributed by atoms with Gasteiger partial charge in [-0.25, -0.2) is 0 Å². The molecule has 0 saturated carbocycles. The third kappa shape index (κ3) is 5.77. The summed E-state index contributed by atoms with van der Waals surface area (Å²) < 4.78 is 0. The van der Waals surface area contributed by atoms with Crippen LogP contribution in [0.25, 0.3) is 43.6 Å². The van der Waals surface area contributed by atoms with Crippen LogP contribution in [0.4, 0.5) is 22.7 Å². The molecule has 10 rings (SSSR count). The minimum absolute atomic E-state index is 0.0413. The Morgan fingerprint density at radius 1 is 0.650 bits per heavy atom. The second-order valence-electron chi connectivity index (χ2n) is 15.5. The summed E-state index contributed by atoms with van der Waals surface area (Å²) in [5.41, 5.74) is 8.73. The molecule has 14 nitrogen and oxygen atoms in total. The van der Waals surface area contributed by atoms with Crippen molar-refractivity contribution in [2.24, 2.45) is 0 Å². The molecule has 60 heavy (non-hydrogen) atoms. The van der Waals surface area contributed by atoms with Crippen molar-refractivity contribution >= 4 is 113 Å². The van der Waals surface area contributed by atoms with Gasteiger partial charge in [0.1, 0.15) is 22.9 Å². The van der Waals surface area contributed by atoms with E-state index in [-0.39, 0.29) is 35.1 Å². The molecule has 2 aliphatic rings. The first-order chi connectivity index (χ1) is 28.9. The first kappa shape index (κ1) is 37.4. The van der Waals surface area contributed by atoms with Crippen molar-refractivity contribution in [3.05, 3.63) is 107 Å². The van der Waals surface area contributed by atoms with Crippen LogP contribution in [0.3, 0.4) is 0 Å². The summed E-state index contributed by atoms with van der Waals surface area (Å²) in [7, 11) is 0. The number of amides is 4. The number of phenolic OH excluding ortho intramolecular Hbond substituents is 2. The fraction of sp³-hybridized carbons (Fsp3) is 0.182. The van der Waals surface area contributed by atoms with E-state index in [1.54, 1.807) is 70.5 Å². The van der Waals surface area contributed by atoms with Gasteiger partial charge in [0.25, 0.3) is 11.8 Å². The van der Waals surface area contributed by atoms with Crippen LogP contribution in [0.5, 0.6) is 11.5 Å². The van der Waals surface area contributed by atoms with Crippen LogP contribution in [0, 0.1) is 13.8 Å². The molecule has 0 radical (unpaired) electrons. The lowest BCUT2D eigenvalue weighted by atomic mass is 9.97. The minimum atomic E-state index is -0.908. The van der Waals surface area contributed by atoms with Gasteiger partial charge in [0.05, 0.1) is 22.4 Å². The minimum Gasteiger partial charge on any atom is -0.506 e. The summed E-state index contributed by atoms with van der Waals surface area (Å²) in [5, 5.41) is 29.8. The molecule has 0 saturated heterocycles. The largest absolute Gasteiger partial charge is 0.506 e. The van der Waals surface area contributed by atoms with Crippen LogP contribution in [0.15, 0.2) is 73.1 Å². The number of aryl methyl sites for hydroxylation is 2. The fourth-order valence-corrected chi connectivity index (χ4v) is 9.51. The van der Waals surface area contributed by atoms with Gasteiger partial charge >= 0.3 is 11.8 Å². The topological polar surface area (TPSA) is 202 Å². The van der Waals surface area contributed by atoms with Crippen molar-refractivity contribution in [2.45, 2.75) is 25.7 Å². The lowest BCUT2D eigenvalue weighted by Gasteiger charge is -2.17. The molecule has 8 N–H and O–H groups in total. The number of phenols is 2. The predicted octanol–water partition coefficient (Wildman–Crippen LogP) is 8.18. The van der Waals surface area contributed by atoms with Crippen LogP contribution in [-0.2, 0) is 9.59 Å². The van der Waals surface area contributed by atoms with E-state index in [1.165, 1.54) is 0 Å². The number of nitrogens with one attached hydrogen (secondary N) is 6. The first-order valence-electron chi connectivity index (χ1n) is 19.2. The summed E-state index contributed by atoms with van der Waals surface area (Å²) >= 11 is 12.8. The first-order valence-corrected chi connectivity index (χ1v) is 20.3. The number of aromatic nitrogens is 4. The zero-order valence-electron chi connectivity index (χ0n) is 32.1. The Morgan fingerprint density at radius 2 is 1.07 bits per heavy atom. The number of carbonyl (C=O) groups excluding carboxylic acids is 4. The smallest absolute Gasteiger partial charge is 0.314 e. The molecule has 0 aliphatic carbocycles. The molecule has 0 bridgehead atoms. The highest BCUT2D eigenvalue weighted by Gasteiger charge is 2.38. The Kier molecular flexibility index (Phi) is 8.63. The van der Waals surface area contributed by atoms with Crippen LogP contribution >= 0.6 is 23.2 Å². The predicted molar refractivity (Wildman–Crippen MR) is 234 cm³/mol. The van der Waals surface area contributed by atoms with Gasteiger partial charge in [-0.15, -0.1) is 23.2 Å². The summed E-state index contributed by atoms with van der Waals surface area (Å²) in [5.74, 6) is -2.01. The van der Waals surface area contributed by atoms with Crippen molar-refractivity contribution in [3.8, 4) is 11.5 Å². The second-order valence-corrected chi connectivity index (χ2v) is 16.1. The number of fused-ring (bicyclic) bond motifs is 8. The lowest BCUT2D eigenvalue weighted by Crippen LogP contribution is -2.30. The van der Waals surface area contributed by atoms with Gasteiger partial charge in [-0.2, -0.15) is 0 Å². The number of aromatic hydroxyl groups is 2. The van der Waals surface area contributed by atoms with Crippen molar-refractivity contribution in [3.63, 3.8) is 0 Å². The van der Waals surface area contributed by atoms with Gasteiger partial charge in [-0.05, 0) is 84.6 Å². The molecule has 2 atom stereocenters. The lowest BCUT2D eigenvalue weighted by molar-refractivity contribution is -0.132. The average Bonchev–Trinajstić information content (AvgIpc) is 4.10. The molecule has 16 heteroatoms. The van der Waals surface area contributed by atoms with E-state index in [9.17, 15) is 29.4 Å². The SMILES string of the molecule is Cc1c[nH]c2c(O)cc3c(c12)C(CCl)CN3C(=O)c1cc2cc(NC(=O)C(=O)Nc3ccc4[nH]c(C(=O)N5CC(CCl)c6c5cc(O)c5[nH]cc(C)c65)cc4c3)ccc2[nH]1. The van der Waals surface area contributed by atoms with Crippen molar-refractivity contribution in [1.29, 1.82) is 0 Å². The number of anilines is 4. The normalized spacial score (nSPS) is 16.0. The molecule has 0 spiro atoms. The van der Waals surface area contributed by atoms with Crippen LogP contribution in [0.1, 0.15) is 55.1 Å². The van der Waals surface area contributed by atoms with Gasteiger partial charge in [0.2, 0.25) is 0 Å². The zero-order valence-corrected chi connectivity index (χ0v) is 33.6. The summed E-state index contributed by atoms with van der Waals surface area (Å²) in [6.45, 7) is 4.57.